The molecule has 5 nitrogen and oxygen atoms in total. The fraction of sp³-hybridized carbons (Fsp3) is 0.238. The molecule has 0 amide bonds. The summed E-state index contributed by atoms with van der Waals surface area (Å²) in [4.78, 5) is 1.91. The summed E-state index contributed by atoms with van der Waals surface area (Å²) in [6.07, 6.45) is 0.648. The fourth-order valence-electron chi connectivity index (χ4n) is 2.54. The molecule has 1 heterocycles. The normalized spacial score (nSPS) is 12.8. The predicted octanol–water partition coefficient (Wildman–Crippen LogP) is 4.88. The Morgan fingerprint density at radius 3 is 2.25 bits per heavy atom. The minimum Gasteiger partial charge on any atom is -0.465 e. The number of hydrogen-bond acceptors (Lipinski definition) is 6. The summed E-state index contributed by atoms with van der Waals surface area (Å²) in [5.41, 5.74) is 2.13. The zero-order valence-electron chi connectivity index (χ0n) is 15.7. The molecule has 1 N–H and O–H groups in total. The minimum atomic E-state index is -3.85. The highest BCUT2D eigenvalue weighted by Crippen LogP contribution is 2.35. The van der Waals surface area contributed by atoms with Crippen molar-refractivity contribution in [1.82, 2.24) is 0 Å². The van der Waals surface area contributed by atoms with Crippen LogP contribution in [0.5, 0.6) is 0 Å². The smallest absolute Gasteiger partial charge is 0.296 e. The summed E-state index contributed by atoms with van der Waals surface area (Å²) in [6.45, 7) is 3.75. The Morgan fingerprint density at radius 2 is 1.61 bits per heavy atom. The van der Waals surface area contributed by atoms with Crippen LogP contribution >= 0.6 is 11.8 Å². The van der Waals surface area contributed by atoms with Crippen molar-refractivity contribution in [3.8, 4) is 0 Å². The van der Waals surface area contributed by atoms with Gasteiger partial charge < -0.3 is 9.52 Å². The third-order valence-electron chi connectivity index (χ3n) is 4.15. The number of benzene rings is 2. The van der Waals surface area contributed by atoms with Gasteiger partial charge in [-0.1, -0.05) is 47.2 Å². The molecule has 0 unspecified atom stereocenters. The van der Waals surface area contributed by atoms with E-state index in [4.69, 9.17) is 8.60 Å². The molecule has 3 rings (SSSR count). The first-order valence-corrected chi connectivity index (χ1v) is 11.0. The van der Waals surface area contributed by atoms with Crippen molar-refractivity contribution < 1.29 is 22.1 Å². The van der Waals surface area contributed by atoms with Crippen LogP contribution in [-0.2, 0) is 14.3 Å². The minimum absolute atomic E-state index is 0.0973. The van der Waals surface area contributed by atoms with E-state index in [9.17, 15) is 13.5 Å². The lowest BCUT2D eigenvalue weighted by atomic mass is 10.2. The van der Waals surface area contributed by atoms with Crippen LogP contribution in [0.4, 0.5) is 0 Å². The second kappa shape index (κ2) is 8.96. The standard InChI is InChI=1S/C21H22O5S2/c1-15-3-7-17(8-4-15)27-20-12-13-25-21(20)19(22)11-14-26-28(23,24)18-9-5-16(2)6-10-18/h3-10,12-13,19,22H,11,14H2,1-2H3/t19-/m0/s1. The highest BCUT2D eigenvalue weighted by Gasteiger charge is 2.20. The first-order valence-electron chi connectivity index (χ1n) is 8.81. The Balaban J connectivity index is 1.59. The number of furan rings is 1. The van der Waals surface area contributed by atoms with Gasteiger partial charge in [-0.05, 0) is 44.2 Å². The zero-order chi connectivity index (χ0) is 20.1. The Labute approximate surface area is 169 Å². The van der Waals surface area contributed by atoms with Gasteiger partial charge in [-0.2, -0.15) is 8.42 Å². The predicted molar refractivity (Wildman–Crippen MR) is 108 cm³/mol. The van der Waals surface area contributed by atoms with Gasteiger partial charge in [-0.25, -0.2) is 0 Å². The molecule has 0 saturated carbocycles. The molecule has 0 fully saturated rings. The highest BCUT2D eigenvalue weighted by molar-refractivity contribution is 7.99. The summed E-state index contributed by atoms with van der Waals surface area (Å²) in [7, 11) is -3.85. The van der Waals surface area contributed by atoms with Gasteiger partial charge in [0, 0.05) is 11.3 Å². The Kier molecular flexibility index (Phi) is 6.61. The van der Waals surface area contributed by atoms with Crippen LogP contribution in [0.1, 0.15) is 29.4 Å². The number of aryl methyl sites for hydroxylation is 2. The number of hydrogen-bond donors (Lipinski definition) is 1. The van der Waals surface area contributed by atoms with Gasteiger partial charge in [-0.15, -0.1) is 0 Å². The average Bonchev–Trinajstić information content (AvgIpc) is 3.12. The van der Waals surface area contributed by atoms with Crippen molar-refractivity contribution in [1.29, 1.82) is 0 Å². The molecule has 0 bridgehead atoms. The molecule has 7 heteroatoms. The van der Waals surface area contributed by atoms with Gasteiger partial charge in [0.15, 0.2) is 0 Å². The fourth-order valence-corrected chi connectivity index (χ4v) is 4.40. The molecule has 0 aliphatic heterocycles. The zero-order valence-corrected chi connectivity index (χ0v) is 17.3. The topological polar surface area (TPSA) is 76.7 Å². The molecule has 0 aliphatic carbocycles. The molecule has 3 aromatic rings. The summed E-state index contributed by atoms with van der Waals surface area (Å²) < 4.78 is 34.9. The van der Waals surface area contributed by atoms with Crippen LogP contribution in [0.2, 0.25) is 0 Å². The van der Waals surface area contributed by atoms with E-state index >= 15 is 0 Å². The van der Waals surface area contributed by atoms with E-state index in [0.717, 1.165) is 15.4 Å². The van der Waals surface area contributed by atoms with E-state index in [-0.39, 0.29) is 17.9 Å². The van der Waals surface area contributed by atoms with E-state index in [1.54, 1.807) is 18.2 Å². The molecule has 0 radical (unpaired) electrons. The summed E-state index contributed by atoms with van der Waals surface area (Å²) >= 11 is 1.48. The van der Waals surface area contributed by atoms with Crippen molar-refractivity contribution in [3.63, 3.8) is 0 Å². The Hall–Kier alpha value is -2.06. The lowest BCUT2D eigenvalue weighted by Gasteiger charge is -2.11. The number of aliphatic hydroxyl groups is 1. The highest BCUT2D eigenvalue weighted by atomic mass is 32.2. The first kappa shape index (κ1) is 20.7. The Bertz CT molecular complexity index is 1010. The van der Waals surface area contributed by atoms with Crippen LogP contribution in [0.15, 0.2) is 80.0 Å². The van der Waals surface area contributed by atoms with Crippen LogP contribution < -0.4 is 0 Å². The lowest BCUT2D eigenvalue weighted by Crippen LogP contribution is -2.10. The van der Waals surface area contributed by atoms with Gasteiger partial charge in [-0.3, -0.25) is 4.18 Å². The molecule has 148 valence electrons. The molecule has 1 aromatic heterocycles. The van der Waals surface area contributed by atoms with Crippen molar-refractivity contribution >= 4 is 21.9 Å². The SMILES string of the molecule is Cc1ccc(Sc2ccoc2[C@@H](O)CCOS(=O)(=O)c2ccc(C)cc2)cc1. The largest absolute Gasteiger partial charge is 0.465 e. The van der Waals surface area contributed by atoms with Gasteiger partial charge in [0.25, 0.3) is 10.1 Å². The van der Waals surface area contributed by atoms with Crippen molar-refractivity contribution in [2.75, 3.05) is 6.61 Å². The molecule has 0 saturated heterocycles. The van der Waals surface area contributed by atoms with E-state index in [1.165, 1.54) is 35.7 Å². The maximum Gasteiger partial charge on any atom is 0.296 e. The van der Waals surface area contributed by atoms with E-state index < -0.39 is 16.2 Å². The van der Waals surface area contributed by atoms with Gasteiger partial charge in [0.2, 0.25) is 0 Å². The van der Waals surface area contributed by atoms with E-state index in [2.05, 4.69) is 0 Å². The molecule has 2 aromatic carbocycles. The van der Waals surface area contributed by atoms with Crippen molar-refractivity contribution in [2.24, 2.45) is 0 Å². The van der Waals surface area contributed by atoms with Crippen LogP contribution in [0, 0.1) is 13.8 Å². The third kappa shape index (κ3) is 5.26. The van der Waals surface area contributed by atoms with Crippen LogP contribution in [0.3, 0.4) is 0 Å². The number of aliphatic hydroxyl groups excluding tert-OH is 1. The van der Waals surface area contributed by atoms with Gasteiger partial charge in [0.1, 0.15) is 11.9 Å². The van der Waals surface area contributed by atoms with Gasteiger partial charge in [0.05, 0.1) is 22.7 Å². The molecular weight excluding hydrogens is 396 g/mol. The van der Waals surface area contributed by atoms with E-state index in [1.807, 2.05) is 38.1 Å². The molecule has 1 atom stereocenters. The molecule has 0 aliphatic rings. The molecule has 0 spiro atoms. The second-order valence-corrected chi connectivity index (χ2v) is 9.19. The third-order valence-corrected chi connectivity index (χ3v) is 6.54. The molecule has 28 heavy (non-hydrogen) atoms. The maximum atomic E-state index is 12.2. The monoisotopic (exact) mass is 418 g/mol. The Morgan fingerprint density at radius 1 is 1.00 bits per heavy atom. The van der Waals surface area contributed by atoms with Crippen molar-refractivity contribution in [2.45, 2.75) is 41.1 Å². The quantitative estimate of drug-likeness (QED) is 0.526. The lowest BCUT2D eigenvalue weighted by molar-refractivity contribution is 0.117. The van der Waals surface area contributed by atoms with Crippen molar-refractivity contribution in [3.05, 3.63) is 77.7 Å². The summed E-state index contributed by atoms with van der Waals surface area (Å²) in [6, 6.07) is 16.2. The van der Waals surface area contributed by atoms with E-state index in [0.29, 0.717) is 5.76 Å². The average molecular weight is 419 g/mol. The second-order valence-electron chi connectivity index (χ2n) is 6.46. The summed E-state index contributed by atoms with van der Waals surface area (Å²) in [5, 5.41) is 10.4. The van der Waals surface area contributed by atoms with Gasteiger partial charge >= 0.3 is 0 Å². The van der Waals surface area contributed by atoms with Crippen LogP contribution in [0.25, 0.3) is 0 Å². The number of rotatable bonds is 8. The maximum absolute atomic E-state index is 12.2. The summed E-state index contributed by atoms with van der Waals surface area (Å²) in [5.74, 6) is 0.405. The first-order chi connectivity index (χ1) is 13.3. The van der Waals surface area contributed by atoms with Crippen LogP contribution in [-0.4, -0.2) is 20.1 Å². The molecular formula is C21H22O5S2.